The Labute approximate surface area is 227 Å². The molecule has 0 unspecified atom stereocenters. The van der Waals surface area contributed by atoms with E-state index < -0.39 is 0 Å². The number of nitrogens with zero attached hydrogens (tertiary/aromatic N) is 1. The van der Waals surface area contributed by atoms with Crippen LogP contribution in [0.2, 0.25) is 0 Å². The minimum atomic E-state index is 0.256. The Morgan fingerprint density at radius 2 is 1.34 bits per heavy atom. The Hall–Kier alpha value is -3.50. The second kappa shape index (κ2) is 13.9. The van der Waals surface area contributed by atoms with E-state index >= 15 is 0 Å². The van der Waals surface area contributed by atoms with Gasteiger partial charge in [-0.3, -0.25) is 0 Å². The van der Waals surface area contributed by atoms with Gasteiger partial charge in [-0.05, 0) is 108 Å². The number of rotatable bonds is 14. The van der Waals surface area contributed by atoms with Gasteiger partial charge < -0.3 is 19.8 Å². The summed E-state index contributed by atoms with van der Waals surface area (Å²) < 4.78 is 6.08. The lowest BCUT2D eigenvalue weighted by molar-refractivity contribution is 0.229. The number of ether oxygens (including phenoxy) is 1. The fraction of sp³-hybridized carbons (Fsp3) is 0.353. The Morgan fingerprint density at radius 3 is 2.03 bits per heavy atom. The lowest BCUT2D eigenvalue weighted by Gasteiger charge is -2.21. The average Bonchev–Trinajstić information content (AvgIpc) is 2.93. The lowest BCUT2D eigenvalue weighted by atomic mass is 9.90. The van der Waals surface area contributed by atoms with Gasteiger partial charge in [-0.15, -0.1) is 0 Å². The van der Waals surface area contributed by atoms with Crippen molar-refractivity contribution in [3.8, 4) is 28.4 Å². The highest BCUT2D eigenvalue weighted by atomic mass is 16.5. The van der Waals surface area contributed by atoms with Crippen molar-refractivity contribution < 1.29 is 14.9 Å². The van der Waals surface area contributed by atoms with Crippen molar-refractivity contribution in [2.45, 2.75) is 52.4 Å². The Bertz CT molecular complexity index is 1270. The molecule has 0 fully saturated rings. The van der Waals surface area contributed by atoms with E-state index in [9.17, 15) is 10.2 Å². The minimum Gasteiger partial charge on any atom is -0.508 e. The molecule has 38 heavy (non-hydrogen) atoms. The zero-order valence-corrected chi connectivity index (χ0v) is 22.8. The van der Waals surface area contributed by atoms with Gasteiger partial charge >= 0.3 is 0 Å². The molecule has 0 radical (unpaired) electrons. The smallest absolute Gasteiger partial charge is 0.119 e. The summed E-state index contributed by atoms with van der Waals surface area (Å²) in [6, 6.07) is 25.5. The summed E-state index contributed by atoms with van der Waals surface area (Å²) in [4.78, 5) is 2.58. The van der Waals surface area contributed by atoms with Crippen molar-refractivity contribution >= 4 is 10.8 Å². The number of unbranched alkanes of at least 4 members (excludes halogenated alkanes) is 2. The fourth-order valence-corrected chi connectivity index (χ4v) is 4.97. The molecule has 4 rings (SSSR count). The molecule has 200 valence electrons. The van der Waals surface area contributed by atoms with Crippen molar-refractivity contribution in [3.05, 3.63) is 90.0 Å². The van der Waals surface area contributed by atoms with Crippen LogP contribution in [0.3, 0.4) is 0 Å². The lowest BCUT2D eigenvalue weighted by Crippen LogP contribution is -2.28. The van der Waals surface area contributed by atoms with Crippen LogP contribution >= 0.6 is 0 Å². The Kier molecular flexibility index (Phi) is 10.1. The van der Waals surface area contributed by atoms with Gasteiger partial charge in [-0.1, -0.05) is 69.2 Å². The number of benzene rings is 4. The van der Waals surface area contributed by atoms with Crippen LogP contribution in [-0.2, 0) is 6.42 Å². The summed E-state index contributed by atoms with van der Waals surface area (Å²) in [6.45, 7) is 8.70. The fourth-order valence-electron chi connectivity index (χ4n) is 4.97. The minimum absolute atomic E-state index is 0.256. The van der Waals surface area contributed by atoms with Gasteiger partial charge in [0.25, 0.3) is 0 Å². The molecule has 0 saturated carbocycles. The molecule has 0 aliphatic heterocycles. The second-order valence-electron chi connectivity index (χ2n) is 10.1. The zero-order valence-electron chi connectivity index (χ0n) is 22.8. The van der Waals surface area contributed by atoms with E-state index in [0.717, 1.165) is 53.6 Å². The molecule has 0 amide bonds. The van der Waals surface area contributed by atoms with Crippen LogP contribution in [0, 0.1) is 0 Å². The molecule has 0 aromatic heterocycles. The maximum Gasteiger partial charge on any atom is 0.119 e. The molecule has 0 aliphatic rings. The van der Waals surface area contributed by atoms with Crippen LogP contribution in [0.5, 0.6) is 17.2 Å². The van der Waals surface area contributed by atoms with Gasteiger partial charge in [0, 0.05) is 6.54 Å². The Balaban J connectivity index is 1.44. The molecular weight excluding hydrogens is 470 g/mol. The van der Waals surface area contributed by atoms with E-state index in [4.69, 9.17) is 4.74 Å². The van der Waals surface area contributed by atoms with Crippen molar-refractivity contribution in [2.24, 2.45) is 0 Å². The van der Waals surface area contributed by atoms with Crippen molar-refractivity contribution in [2.75, 3.05) is 26.2 Å². The van der Waals surface area contributed by atoms with Crippen LogP contribution in [-0.4, -0.2) is 41.4 Å². The third-order valence-corrected chi connectivity index (χ3v) is 7.14. The Morgan fingerprint density at radius 1 is 0.684 bits per heavy atom. The third-order valence-electron chi connectivity index (χ3n) is 7.14. The molecule has 0 saturated heterocycles. The summed E-state index contributed by atoms with van der Waals surface area (Å²) in [5, 5.41) is 21.9. The number of aromatic hydroxyl groups is 2. The van der Waals surface area contributed by atoms with Crippen LogP contribution in [0.25, 0.3) is 21.9 Å². The quantitative estimate of drug-likeness (QED) is 0.168. The molecule has 0 aliphatic carbocycles. The van der Waals surface area contributed by atoms with E-state index in [2.05, 4.69) is 49.1 Å². The highest BCUT2D eigenvalue weighted by Gasteiger charge is 2.12. The predicted molar refractivity (Wildman–Crippen MR) is 158 cm³/mol. The van der Waals surface area contributed by atoms with Crippen LogP contribution < -0.4 is 4.74 Å². The van der Waals surface area contributed by atoms with Gasteiger partial charge in [0.05, 0.1) is 6.61 Å². The molecule has 2 N–H and O–H groups in total. The van der Waals surface area contributed by atoms with Crippen molar-refractivity contribution in [1.82, 2.24) is 4.90 Å². The van der Waals surface area contributed by atoms with E-state index in [1.165, 1.54) is 49.9 Å². The third kappa shape index (κ3) is 7.52. The standard InChI is InChI=1S/C34H41NO3/c1-3-5-20-35(21-6-4-2)22-7-23-38-31-16-8-26(9-17-31)24-34-32(27-10-13-29(36)14-11-27)18-12-28-25-30(37)15-19-33(28)34/h8-19,25,36-37H,3-7,20-24H2,1-2H3. The van der Waals surface area contributed by atoms with Gasteiger partial charge in [0.2, 0.25) is 0 Å². The maximum atomic E-state index is 10.0. The number of fused-ring (bicyclic) bond motifs is 1. The summed E-state index contributed by atoms with van der Waals surface area (Å²) in [5.74, 6) is 1.43. The largest absolute Gasteiger partial charge is 0.508 e. The topological polar surface area (TPSA) is 52.9 Å². The first kappa shape index (κ1) is 27.5. The van der Waals surface area contributed by atoms with Gasteiger partial charge in [0.15, 0.2) is 0 Å². The first-order chi connectivity index (χ1) is 18.6. The SMILES string of the molecule is CCCCN(CCCC)CCCOc1ccc(Cc2c(-c3ccc(O)cc3)ccc3cc(O)ccc23)cc1. The number of hydrogen-bond donors (Lipinski definition) is 2. The molecule has 0 heterocycles. The molecule has 0 atom stereocenters. The maximum absolute atomic E-state index is 10.0. The normalized spacial score (nSPS) is 11.3. The van der Waals surface area contributed by atoms with Gasteiger partial charge in [-0.2, -0.15) is 0 Å². The van der Waals surface area contributed by atoms with Gasteiger partial charge in [0.1, 0.15) is 17.2 Å². The van der Waals surface area contributed by atoms with Gasteiger partial charge in [-0.25, -0.2) is 0 Å². The summed E-state index contributed by atoms with van der Waals surface area (Å²) in [5.41, 5.74) is 4.57. The highest BCUT2D eigenvalue weighted by molar-refractivity contribution is 5.93. The molecule has 0 bridgehead atoms. The van der Waals surface area contributed by atoms with Crippen molar-refractivity contribution in [1.29, 1.82) is 0 Å². The molecule has 0 spiro atoms. The predicted octanol–water partition coefficient (Wildman–Crippen LogP) is 8.18. The number of hydrogen-bond acceptors (Lipinski definition) is 4. The van der Waals surface area contributed by atoms with E-state index in [-0.39, 0.29) is 11.5 Å². The molecule has 4 aromatic carbocycles. The van der Waals surface area contributed by atoms with E-state index in [1.54, 1.807) is 18.2 Å². The van der Waals surface area contributed by atoms with E-state index in [1.807, 2.05) is 30.3 Å². The van der Waals surface area contributed by atoms with E-state index in [0.29, 0.717) is 0 Å². The summed E-state index contributed by atoms with van der Waals surface area (Å²) >= 11 is 0. The average molecular weight is 512 g/mol. The number of phenolic OH excluding ortho intramolecular Hbond substituents is 2. The summed E-state index contributed by atoms with van der Waals surface area (Å²) in [7, 11) is 0. The molecule has 4 aromatic rings. The molecule has 4 heteroatoms. The number of phenols is 2. The van der Waals surface area contributed by atoms with Crippen LogP contribution in [0.15, 0.2) is 78.9 Å². The molecule has 4 nitrogen and oxygen atoms in total. The van der Waals surface area contributed by atoms with Crippen molar-refractivity contribution in [3.63, 3.8) is 0 Å². The van der Waals surface area contributed by atoms with Crippen LogP contribution in [0.4, 0.5) is 0 Å². The second-order valence-corrected chi connectivity index (χ2v) is 10.1. The highest BCUT2D eigenvalue weighted by Crippen LogP contribution is 2.34. The van der Waals surface area contributed by atoms with Crippen LogP contribution in [0.1, 0.15) is 57.1 Å². The molecular formula is C34H41NO3. The summed E-state index contributed by atoms with van der Waals surface area (Å²) in [6.07, 6.45) is 6.79. The first-order valence-corrected chi connectivity index (χ1v) is 14.1. The zero-order chi connectivity index (χ0) is 26.7. The first-order valence-electron chi connectivity index (χ1n) is 14.1. The monoisotopic (exact) mass is 511 g/mol.